The lowest BCUT2D eigenvalue weighted by atomic mass is 10.1. The molecule has 1 atom stereocenters. The highest BCUT2D eigenvalue weighted by atomic mass is 19.4. The van der Waals surface area contributed by atoms with Crippen molar-refractivity contribution >= 4 is 0 Å². The van der Waals surface area contributed by atoms with Crippen molar-refractivity contribution in [3.63, 3.8) is 0 Å². The number of ether oxygens (including phenoxy) is 1. The third-order valence-corrected chi connectivity index (χ3v) is 2.88. The second-order valence-electron chi connectivity index (χ2n) is 4.30. The Labute approximate surface area is 114 Å². The molecule has 0 aliphatic heterocycles. The number of aromatic nitrogens is 2. The summed E-state index contributed by atoms with van der Waals surface area (Å²) in [6, 6.07) is 6.61. The normalized spacial score (nSPS) is 13.2. The molecule has 1 unspecified atom stereocenters. The minimum absolute atomic E-state index is 0.135. The van der Waals surface area contributed by atoms with Crippen molar-refractivity contribution in [1.29, 1.82) is 0 Å². The molecule has 0 amide bonds. The van der Waals surface area contributed by atoms with Crippen molar-refractivity contribution < 1.29 is 17.9 Å². The van der Waals surface area contributed by atoms with E-state index in [9.17, 15) is 13.2 Å². The molecule has 0 spiro atoms. The second kappa shape index (κ2) is 5.54. The molecule has 0 saturated heterocycles. The molecule has 0 aliphatic carbocycles. The van der Waals surface area contributed by atoms with E-state index in [1.165, 1.54) is 11.8 Å². The van der Waals surface area contributed by atoms with Crippen LogP contribution in [0.15, 0.2) is 36.7 Å². The van der Waals surface area contributed by atoms with E-state index in [4.69, 9.17) is 10.5 Å². The number of nitrogens with zero attached hydrogens (tertiary/aromatic N) is 2. The topological polar surface area (TPSA) is 53.1 Å². The fraction of sp³-hybridized carbons (Fsp3) is 0.308. The summed E-state index contributed by atoms with van der Waals surface area (Å²) < 4.78 is 43.8. The highest BCUT2D eigenvalue weighted by molar-refractivity contribution is 5.35. The maximum Gasteiger partial charge on any atom is 0.419 e. The molecule has 2 N–H and O–H groups in total. The van der Waals surface area contributed by atoms with Crippen molar-refractivity contribution in [3.05, 3.63) is 47.8 Å². The summed E-state index contributed by atoms with van der Waals surface area (Å²) in [6.45, 7) is 0.135. The van der Waals surface area contributed by atoms with Crippen LogP contribution in [0.5, 0.6) is 5.75 Å². The summed E-state index contributed by atoms with van der Waals surface area (Å²) in [5, 5.41) is 3.68. The minimum Gasteiger partial charge on any atom is -0.496 e. The Morgan fingerprint density at radius 3 is 2.65 bits per heavy atom. The van der Waals surface area contributed by atoms with E-state index in [0.29, 0.717) is 5.75 Å². The van der Waals surface area contributed by atoms with Gasteiger partial charge in [0.15, 0.2) is 0 Å². The van der Waals surface area contributed by atoms with Gasteiger partial charge in [-0.15, -0.1) is 0 Å². The minimum atomic E-state index is -4.40. The lowest BCUT2D eigenvalue weighted by Crippen LogP contribution is -2.18. The average molecular weight is 285 g/mol. The lowest BCUT2D eigenvalue weighted by Gasteiger charge is -2.15. The summed E-state index contributed by atoms with van der Waals surface area (Å²) in [5.41, 5.74) is 5.93. The van der Waals surface area contributed by atoms with E-state index in [0.717, 1.165) is 18.0 Å². The summed E-state index contributed by atoms with van der Waals surface area (Å²) in [6.07, 6.45) is -2.67. The van der Waals surface area contributed by atoms with Crippen molar-refractivity contribution in [2.75, 3.05) is 7.11 Å². The second-order valence-corrected chi connectivity index (χ2v) is 4.30. The molecular formula is C13H14F3N3O. The zero-order valence-electron chi connectivity index (χ0n) is 10.8. The van der Waals surface area contributed by atoms with Crippen LogP contribution in [0, 0.1) is 0 Å². The van der Waals surface area contributed by atoms with Gasteiger partial charge in [-0.2, -0.15) is 18.3 Å². The van der Waals surface area contributed by atoms with E-state index in [1.807, 2.05) is 0 Å². The van der Waals surface area contributed by atoms with Gasteiger partial charge in [0.2, 0.25) is 0 Å². The first kappa shape index (κ1) is 14.4. The number of halogens is 3. The van der Waals surface area contributed by atoms with Gasteiger partial charge in [0.25, 0.3) is 0 Å². The number of alkyl halides is 3. The van der Waals surface area contributed by atoms with Gasteiger partial charge >= 0.3 is 6.18 Å². The molecule has 1 heterocycles. The summed E-state index contributed by atoms with van der Waals surface area (Å²) in [4.78, 5) is 0. The number of hydrogen-bond donors (Lipinski definition) is 1. The van der Waals surface area contributed by atoms with Crippen molar-refractivity contribution in [2.45, 2.75) is 18.8 Å². The average Bonchev–Trinajstić information content (AvgIpc) is 2.87. The number of rotatable bonds is 4. The number of methoxy groups -OCH3 is 1. The summed E-state index contributed by atoms with van der Waals surface area (Å²) in [5.74, 6) is 0.600. The Morgan fingerprint density at radius 1 is 1.35 bits per heavy atom. The van der Waals surface area contributed by atoms with Gasteiger partial charge in [0.05, 0.1) is 31.5 Å². The van der Waals surface area contributed by atoms with Crippen molar-refractivity contribution in [1.82, 2.24) is 9.78 Å². The third-order valence-electron chi connectivity index (χ3n) is 2.88. The highest BCUT2D eigenvalue weighted by Gasteiger charge is 2.32. The Hall–Kier alpha value is -2.02. The van der Waals surface area contributed by atoms with Gasteiger partial charge in [-0.1, -0.05) is 18.2 Å². The van der Waals surface area contributed by atoms with E-state index >= 15 is 0 Å². The van der Waals surface area contributed by atoms with Crippen LogP contribution in [0.1, 0.15) is 17.2 Å². The molecule has 2 aromatic rings. The maximum absolute atomic E-state index is 12.5. The first-order valence-corrected chi connectivity index (χ1v) is 5.90. The molecule has 20 heavy (non-hydrogen) atoms. The zero-order valence-corrected chi connectivity index (χ0v) is 10.8. The van der Waals surface area contributed by atoms with Crippen LogP contribution in [-0.4, -0.2) is 16.9 Å². The van der Waals surface area contributed by atoms with Gasteiger partial charge in [0.1, 0.15) is 5.75 Å². The molecule has 108 valence electrons. The van der Waals surface area contributed by atoms with Crippen LogP contribution in [-0.2, 0) is 12.7 Å². The van der Waals surface area contributed by atoms with Crippen LogP contribution in [0.4, 0.5) is 13.2 Å². The Bertz CT molecular complexity index is 580. The zero-order chi connectivity index (χ0) is 14.8. The molecule has 4 nitrogen and oxygen atoms in total. The number of hydrogen-bond acceptors (Lipinski definition) is 3. The summed E-state index contributed by atoms with van der Waals surface area (Å²) in [7, 11) is 1.52. The monoisotopic (exact) mass is 285 g/mol. The molecular weight excluding hydrogens is 271 g/mol. The Morgan fingerprint density at radius 2 is 2.05 bits per heavy atom. The SMILES string of the molecule is COc1ccccc1C(N)Cn1cc(C(F)(F)F)cn1. The molecule has 0 radical (unpaired) electrons. The van der Waals surface area contributed by atoms with E-state index < -0.39 is 17.8 Å². The Balaban J connectivity index is 2.15. The first-order valence-electron chi connectivity index (χ1n) is 5.90. The van der Waals surface area contributed by atoms with Crippen molar-refractivity contribution in [2.24, 2.45) is 5.73 Å². The molecule has 1 aromatic carbocycles. The standard InChI is InChI=1S/C13H14F3N3O/c1-20-12-5-3-2-4-10(12)11(17)8-19-7-9(6-18-19)13(14,15)16/h2-7,11H,8,17H2,1H3. The van der Waals surface area contributed by atoms with Crippen molar-refractivity contribution in [3.8, 4) is 5.75 Å². The van der Waals surface area contributed by atoms with E-state index in [2.05, 4.69) is 5.10 Å². The fourth-order valence-corrected chi connectivity index (χ4v) is 1.88. The molecule has 2 rings (SSSR count). The summed E-state index contributed by atoms with van der Waals surface area (Å²) >= 11 is 0. The maximum atomic E-state index is 12.5. The molecule has 1 aromatic heterocycles. The van der Waals surface area contributed by atoms with Crippen LogP contribution < -0.4 is 10.5 Å². The van der Waals surface area contributed by atoms with E-state index in [-0.39, 0.29) is 6.54 Å². The van der Waals surface area contributed by atoms with Crippen LogP contribution in [0.25, 0.3) is 0 Å². The molecule has 7 heteroatoms. The van der Waals surface area contributed by atoms with Crippen LogP contribution in [0.3, 0.4) is 0 Å². The van der Waals surface area contributed by atoms with Gasteiger partial charge in [-0.25, -0.2) is 0 Å². The predicted molar refractivity (Wildman–Crippen MR) is 67.2 cm³/mol. The van der Waals surface area contributed by atoms with Gasteiger partial charge in [-0.05, 0) is 6.07 Å². The largest absolute Gasteiger partial charge is 0.496 e. The number of benzene rings is 1. The molecule has 0 saturated carbocycles. The number of nitrogens with two attached hydrogens (primary N) is 1. The van der Waals surface area contributed by atoms with Gasteiger partial charge < -0.3 is 10.5 Å². The van der Waals surface area contributed by atoms with Gasteiger partial charge in [-0.3, -0.25) is 4.68 Å². The highest BCUT2D eigenvalue weighted by Crippen LogP contribution is 2.29. The smallest absolute Gasteiger partial charge is 0.419 e. The van der Waals surface area contributed by atoms with E-state index in [1.54, 1.807) is 24.3 Å². The van der Waals surface area contributed by atoms with Gasteiger partial charge in [0, 0.05) is 11.8 Å². The molecule has 0 aliphatic rings. The number of para-hydroxylation sites is 1. The fourth-order valence-electron chi connectivity index (χ4n) is 1.88. The molecule has 0 bridgehead atoms. The van der Waals surface area contributed by atoms with Crippen LogP contribution >= 0.6 is 0 Å². The quantitative estimate of drug-likeness (QED) is 0.939. The molecule has 0 fully saturated rings. The van der Waals surface area contributed by atoms with Crippen LogP contribution in [0.2, 0.25) is 0 Å². The third kappa shape index (κ3) is 3.11. The predicted octanol–water partition coefficient (Wildman–Crippen LogP) is 2.61. The lowest BCUT2D eigenvalue weighted by molar-refractivity contribution is -0.137. The Kier molecular flexibility index (Phi) is 3.99. The first-order chi connectivity index (χ1) is 9.41.